The maximum Gasteiger partial charge on any atom is 0.254 e. The first-order valence-corrected chi connectivity index (χ1v) is 8.35. The minimum atomic E-state index is 0.0572. The van der Waals surface area contributed by atoms with Crippen molar-refractivity contribution in [2.75, 3.05) is 26.8 Å². The van der Waals surface area contributed by atoms with Crippen LogP contribution in [-0.2, 0) is 11.2 Å². The summed E-state index contributed by atoms with van der Waals surface area (Å²) in [6.07, 6.45) is 2.21. The van der Waals surface area contributed by atoms with Crippen molar-refractivity contribution >= 4 is 5.91 Å². The lowest BCUT2D eigenvalue weighted by atomic mass is 10.1. The molecule has 0 saturated carbocycles. The Bertz CT molecular complexity index is 648. The van der Waals surface area contributed by atoms with Gasteiger partial charge in [0.25, 0.3) is 5.91 Å². The summed E-state index contributed by atoms with van der Waals surface area (Å²) in [6.45, 7) is 2.09. The van der Waals surface area contributed by atoms with E-state index in [0.29, 0.717) is 18.7 Å². The molecule has 1 amide bonds. The van der Waals surface area contributed by atoms with Crippen LogP contribution in [0.1, 0.15) is 22.3 Å². The summed E-state index contributed by atoms with van der Waals surface area (Å²) < 4.78 is 10.9. The lowest BCUT2D eigenvalue weighted by molar-refractivity contribution is -0.0429. The first-order chi connectivity index (χ1) is 11.8. The summed E-state index contributed by atoms with van der Waals surface area (Å²) in [5.74, 6) is 0.816. The molecule has 4 heteroatoms. The van der Waals surface area contributed by atoms with Crippen molar-refractivity contribution < 1.29 is 14.3 Å². The molecule has 126 valence electrons. The lowest BCUT2D eigenvalue weighted by Gasteiger charge is -2.39. The molecule has 2 aromatic carbocycles. The van der Waals surface area contributed by atoms with Crippen molar-refractivity contribution in [1.82, 2.24) is 4.90 Å². The van der Waals surface area contributed by atoms with Crippen LogP contribution >= 0.6 is 0 Å². The fraction of sp³-hybridized carbons (Fsp3) is 0.350. The number of methoxy groups -OCH3 is 1. The molecule has 1 aliphatic rings. The molecule has 24 heavy (non-hydrogen) atoms. The van der Waals surface area contributed by atoms with Crippen LogP contribution in [0, 0.1) is 0 Å². The number of aryl methyl sites for hydroxylation is 1. The van der Waals surface area contributed by atoms with Gasteiger partial charge in [0.15, 0.2) is 0 Å². The van der Waals surface area contributed by atoms with Gasteiger partial charge in [-0.25, -0.2) is 0 Å². The average molecular weight is 325 g/mol. The molecule has 0 unspecified atom stereocenters. The molecule has 0 radical (unpaired) electrons. The van der Waals surface area contributed by atoms with Gasteiger partial charge in [0.05, 0.1) is 13.2 Å². The minimum Gasteiger partial charge on any atom is -0.497 e. The highest BCUT2D eigenvalue weighted by Gasteiger charge is 2.31. The molecule has 0 spiro atoms. The van der Waals surface area contributed by atoms with Gasteiger partial charge in [-0.15, -0.1) is 0 Å². The number of likely N-dealkylation sites (tertiary alicyclic amines) is 1. The number of carbonyl (C=O) groups is 1. The standard InChI is InChI=1S/C20H23NO3/c1-23-18-11-9-17(10-12-18)20(22)21-14-19(15-21)24-13-5-8-16-6-3-2-4-7-16/h2-4,6-7,9-12,19H,5,8,13-15H2,1H3. The molecule has 3 rings (SSSR count). The Morgan fingerprint density at radius 2 is 1.79 bits per heavy atom. The van der Waals surface area contributed by atoms with Crippen LogP contribution in [-0.4, -0.2) is 43.7 Å². The van der Waals surface area contributed by atoms with Gasteiger partial charge in [-0.2, -0.15) is 0 Å². The van der Waals surface area contributed by atoms with Crippen molar-refractivity contribution in [3.05, 3.63) is 65.7 Å². The van der Waals surface area contributed by atoms with Crippen LogP contribution in [0.3, 0.4) is 0 Å². The van der Waals surface area contributed by atoms with E-state index in [9.17, 15) is 4.79 Å². The average Bonchev–Trinajstić information content (AvgIpc) is 2.60. The van der Waals surface area contributed by atoms with Crippen LogP contribution in [0.25, 0.3) is 0 Å². The molecule has 0 aliphatic carbocycles. The van der Waals surface area contributed by atoms with E-state index >= 15 is 0 Å². The fourth-order valence-corrected chi connectivity index (χ4v) is 2.80. The summed E-state index contributed by atoms with van der Waals surface area (Å²) in [7, 11) is 1.62. The summed E-state index contributed by atoms with van der Waals surface area (Å²) in [6, 6.07) is 17.6. The highest BCUT2D eigenvalue weighted by atomic mass is 16.5. The molecule has 0 N–H and O–H groups in total. The zero-order valence-electron chi connectivity index (χ0n) is 14.0. The van der Waals surface area contributed by atoms with E-state index in [2.05, 4.69) is 24.3 Å². The molecule has 1 heterocycles. The molecule has 2 aromatic rings. The first-order valence-electron chi connectivity index (χ1n) is 8.35. The van der Waals surface area contributed by atoms with Crippen LogP contribution in [0.15, 0.2) is 54.6 Å². The third-order valence-electron chi connectivity index (χ3n) is 4.28. The number of hydrogen-bond donors (Lipinski definition) is 0. The molecular weight excluding hydrogens is 302 g/mol. The quantitative estimate of drug-likeness (QED) is 0.734. The summed E-state index contributed by atoms with van der Waals surface area (Å²) in [5.41, 5.74) is 2.03. The van der Waals surface area contributed by atoms with E-state index in [1.54, 1.807) is 19.2 Å². The Labute approximate surface area is 143 Å². The van der Waals surface area contributed by atoms with Crippen LogP contribution in [0.4, 0.5) is 0 Å². The van der Waals surface area contributed by atoms with Gasteiger partial charge >= 0.3 is 0 Å². The molecule has 0 bridgehead atoms. The summed E-state index contributed by atoms with van der Waals surface area (Å²) in [4.78, 5) is 14.1. The van der Waals surface area contributed by atoms with Crippen molar-refractivity contribution in [1.29, 1.82) is 0 Å². The van der Waals surface area contributed by atoms with Gasteiger partial charge in [-0.1, -0.05) is 30.3 Å². The monoisotopic (exact) mass is 325 g/mol. The van der Waals surface area contributed by atoms with Crippen molar-refractivity contribution in [3.8, 4) is 5.75 Å². The van der Waals surface area contributed by atoms with Gasteiger partial charge in [0.2, 0.25) is 0 Å². The Balaban J connectivity index is 1.35. The molecule has 0 aromatic heterocycles. The third kappa shape index (κ3) is 4.15. The second-order valence-corrected chi connectivity index (χ2v) is 6.02. The van der Waals surface area contributed by atoms with Crippen LogP contribution in [0.2, 0.25) is 0 Å². The molecule has 1 fully saturated rings. The van der Waals surface area contributed by atoms with Crippen molar-refractivity contribution in [2.24, 2.45) is 0 Å². The normalized spacial score (nSPS) is 14.3. The van der Waals surface area contributed by atoms with E-state index in [-0.39, 0.29) is 12.0 Å². The van der Waals surface area contributed by atoms with Gasteiger partial charge < -0.3 is 14.4 Å². The number of rotatable bonds is 7. The number of hydrogen-bond acceptors (Lipinski definition) is 3. The van der Waals surface area contributed by atoms with Gasteiger partial charge in [-0.05, 0) is 42.7 Å². The smallest absolute Gasteiger partial charge is 0.254 e. The number of amides is 1. The number of benzene rings is 2. The maximum atomic E-state index is 12.3. The minimum absolute atomic E-state index is 0.0572. The Morgan fingerprint density at radius 1 is 1.08 bits per heavy atom. The van der Waals surface area contributed by atoms with E-state index < -0.39 is 0 Å². The maximum absolute atomic E-state index is 12.3. The number of nitrogens with zero attached hydrogens (tertiary/aromatic N) is 1. The van der Waals surface area contributed by atoms with Crippen LogP contribution < -0.4 is 4.74 Å². The Kier molecular flexibility index (Phi) is 5.49. The molecule has 4 nitrogen and oxygen atoms in total. The van der Waals surface area contributed by atoms with Gasteiger partial charge in [0, 0.05) is 25.3 Å². The number of ether oxygens (including phenoxy) is 2. The predicted octanol–water partition coefficient (Wildman–Crippen LogP) is 3.17. The van der Waals surface area contributed by atoms with Gasteiger partial charge in [0.1, 0.15) is 5.75 Å². The summed E-state index contributed by atoms with van der Waals surface area (Å²) >= 11 is 0. The third-order valence-corrected chi connectivity index (χ3v) is 4.28. The molecule has 0 atom stereocenters. The van der Waals surface area contributed by atoms with Crippen molar-refractivity contribution in [3.63, 3.8) is 0 Å². The van der Waals surface area contributed by atoms with E-state index in [4.69, 9.17) is 9.47 Å². The van der Waals surface area contributed by atoms with Gasteiger partial charge in [-0.3, -0.25) is 4.79 Å². The topological polar surface area (TPSA) is 38.8 Å². The Hall–Kier alpha value is -2.33. The zero-order valence-corrected chi connectivity index (χ0v) is 14.0. The lowest BCUT2D eigenvalue weighted by Crippen LogP contribution is -2.54. The highest BCUT2D eigenvalue weighted by molar-refractivity contribution is 5.94. The molecule has 1 saturated heterocycles. The SMILES string of the molecule is COc1ccc(C(=O)N2CC(OCCCc3ccccc3)C2)cc1. The fourth-order valence-electron chi connectivity index (χ4n) is 2.80. The molecule has 1 aliphatic heterocycles. The van der Waals surface area contributed by atoms with E-state index in [1.165, 1.54) is 5.56 Å². The Morgan fingerprint density at radius 3 is 2.46 bits per heavy atom. The number of carbonyl (C=O) groups excluding carboxylic acids is 1. The first kappa shape index (κ1) is 16.5. The van der Waals surface area contributed by atoms with E-state index in [0.717, 1.165) is 25.2 Å². The highest BCUT2D eigenvalue weighted by Crippen LogP contribution is 2.18. The predicted molar refractivity (Wildman–Crippen MR) is 93.4 cm³/mol. The second kappa shape index (κ2) is 7.97. The van der Waals surface area contributed by atoms with E-state index in [1.807, 2.05) is 23.1 Å². The second-order valence-electron chi connectivity index (χ2n) is 6.02. The largest absolute Gasteiger partial charge is 0.497 e. The summed E-state index contributed by atoms with van der Waals surface area (Å²) in [5, 5.41) is 0. The molecular formula is C20H23NO3. The van der Waals surface area contributed by atoms with Crippen LogP contribution in [0.5, 0.6) is 5.75 Å². The zero-order chi connectivity index (χ0) is 16.8. The van der Waals surface area contributed by atoms with Crippen molar-refractivity contribution in [2.45, 2.75) is 18.9 Å².